The smallest absolute Gasteiger partial charge is 0.370 e. The standard InChI is InChI=1S/C13H12FN3O2S3/c1-20-11-9(13(21-2)22-17-11)12(18)19-16-10(15)7-3-5-8(14)6-4-7/h3-6H,1-2H3,(H2,15,16). The molecule has 0 saturated heterocycles. The molecule has 0 aliphatic rings. The number of thioether (sulfide) groups is 2. The van der Waals surface area contributed by atoms with E-state index in [1.807, 2.05) is 12.5 Å². The van der Waals surface area contributed by atoms with Gasteiger partial charge in [0.1, 0.15) is 16.4 Å². The number of hydrogen-bond acceptors (Lipinski definition) is 7. The Morgan fingerprint density at radius 3 is 2.59 bits per heavy atom. The van der Waals surface area contributed by atoms with Crippen LogP contribution >= 0.6 is 35.1 Å². The van der Waals surface area contributed by atoms with Crippen molar-refractivity contribution in [1.82, 2.24) is 4.37 Å². The maximum Gasteiger partial charge on any atom is 0.370 e. The van der Waals surface area contributed by atoms with Crippen LogP contribution in [0.3, 0.4) is 0 Å². The van der Waals surface area contributed by atoms with E-state index in [-0.39, 0.29) is 11.7 Å². The van der Waals surface area contributed by atoms with Crippen molar-refractivity contribution in [1.29, 1.82) is 0 Å². The van der Waals surface area contributed by atoms with E-state index >= 15 is 0 Å². The van der Waals surface area contributed by atoms with Crippen LogP contribution in [-0.2, 0) is 4.84 Å². The summed E-state index contributed by atoms with van der Waals surface area (Å²) in [7, 11) is 0. The van der Waals surface area contributed by atoms with Crippen LogP contribution in [0, 0.1) is 5.82 Å². The molecule has 5 nitrogen and oxygen atoms in total. The molecule has 0 atom stereocenters. The lowest BCUT2D eigenvalue weighted by Gasteiger charge is -2.02. The summed E-state index contributed by atoms with van der Waals surface area (Å²) in [5.41, 5.74) is 6.57. The Bertz CT molecular complexity index is 680. The van der Waals surface area contributed by atoms with Gasteiger partial charge in [0.25, 0.3) is 0 Å². The lowest BCUT2D eigenvalue weighted by molar-refractivity contribution is 0.0508. The molecule has 2 N–H and O–H groups in total. The molecule has 1 aromatic heterocycles. The van der Waals surface area contributed by atoms with Crippen molar-refractivity contribution in [3.8, 4) is 0 Å². The van der Waals surface area contributed by atoms with Gasteiger partial charge in [-0.25, -0.2) is 9.18 Å². The summed E-state index contributed by atoms with van der Waals surface area (Å²) < 4.78 is 17.8. The zero-order valence-electron chi connectivity index (χ0n) is 11.7. The molecular weight excluding hydrogens is 345 g/mol. The highest BCUT2D eigenvalue weighted by atomic mass is 32.2. The fraction of sp³-hybridized carbons (Fsp3) is 0.154. The summed E-state index contributed by atoms with van der Waals surface area (Å²) in [5.74, 6) is -1.01. The van der Waals surface area contributed by atoms with E-state index in [9.17, 15) is 9.18 Å². The number of carbonyl (C=O) groups is 1. The lowest BCUT2D eigenvalue weighted by Crippen LogP contribution is -2.15. The van der Waals surface area contributed by atoms with Gasteiger partial charge in [0.2, 0.25) is 0 Å². The molecule has 0 aliphatic heterocycles. The van der Waals surface area contributed by atoms with E-state index in [2.05, 4.69) is 9.53 Å². The first kappa shape index (κ1) is 16.8. The highest BCUT2D eigenvalue weighted by Gasteiger charge is 2.22. The number of nitrogens with zero attached hydrogens (tertiary/aromatic N) is 2. The van der Waals surface area contributed by atoms with E-state index in [0.29, 0.717) is 16.2 Å². The number of aromatic nitrogens is 1. The van der Waals surface area contributed by atoms with E-state index in [1.165, 1.54) is 59.3 Å². The van der Waals surface area contributed by atoms with Crippen LogP contribution in [0.5, 0.6) is 0 Å². The normalized spacial score (nSPS) is 11.5. The van der Waals surface area contributed by atoms with Crippen LogP contribution in [-0.4, -0.2) is 28.7 Å². The molecule has 116 valence electrons. The van der Waals surface area contributed by atoms with Gasteiger partial charge in [0.05, 0.1) is 4.21 Å². The van der Waals surface area contributed by atoms with Crippen LogP contribution in [0.4, 0.5) is 4.39 Å². The molecule has 0 saturated carbocycles. The first-order valence-electron chi connectivity index (χ1n) is 5.95. The van der Waals surface area contributed by atoms with Gasteiger partial charge < -0.3 is 10.6 Å². The lowest BCUT2D eigenvalue weighted by atomic mass is 10.2. The van der Waals surface area contributed by atoms with Gasteiger partial charge in [-0.2, -0.15) is 4.37 Å². The third-order valence-electron chi connectivity index (χ3n) is 2.58. The van der Waals surface area contributed by atoms with Gasteiger partial charge in [0, 0.05) is 5.56 Å². The van der Waals surface area contributed by atoms with Crippen molar-refractivity contribution in [3.63, 3.8) is 0 Å². The van der Waals surface area contributed by atoms with Gasteiger partial charge in [-0.3, -0.25) is 0 Å². The van der Waals surface area contributed by atoms with Crippen molar-refractivity contribution in [2.45, 2.75) is 9.24 Å². The molecule has 0 spiro atoms. The second kappa shape index (κ2) is 7.61. The predicted octanol–water partition coefficient (Wildman–Crippen LogP) is 3.20. The molecule has 0 fully saturated rings. The first-order valence-corrected chi connectivity index (χ1v) is 9.17. The number of oxime groups is 1. The second-order valence-corrected chi connectivity index (χ2v) is 6.56. The molecule has 0 aliphatic carbocycles. The molecular formula is C13H12FN3O2S3. The van der Waals surface area contributed by atoms with Crippen molar-refractivity contribution >= 4 is 46.9 Å². The molecule has 1 aromatic carbocycles. The minimum absolute atomic E-state index is 0.00654. The Balaban J connectivity index is 2.17. The highest BCUT2D eigenvalue weighted by Crippen LogP contribution is 2.33. The third kappa shape index (κ3) is 3.79. The number of carbonyl (C=O) groups excluding carboxylic acids is 1. The molecule has 2 rings (SSSR count). The average molecular weight is 357 g/mol. The van der Waals surface area contributed by atoms with Crippen molar-refractivity contribution in [2.75, 3.05) is 12.5 Å². The van der Waals surface area contributed by atoms with Gasteiger partial charge in [0.15, 0.2) is 5.84 Å². The Kier molecular flexibility index (Phi) is 5.81. The van der Waals surface area contributed by atoms with E-state index in [1.54, 1.807) is 0 Å². The summed E-state index contributed by atoms with van der Waals surface area (Å²) in [4.78, 5) is 17.0. The molecule has 9 heteroatoms. The fourth-order valence-electron chi connectivity index (χ4n) is 1.52. The fourth-order valence-corrected chi connectivity index (χ4v) is 3.77. The third-order valence-corrected chi connectivity index (χ3v) is 5.32. The summed E-state index contributed by atoms with van der Waals surface area (Å²) >= 11 is 4.00. The molecule has 22 heavy (non-hydrogen) atoms. The SMILES string of the molecule is CSc1nsc(SC)c1C(=O)O/N=C(\N)c1ccc(F)cc1. The highest BCUT2D eigenvalue weighted by molar-refractivity contribution is 8.01. The molecule has 0 bridgehead atoms. The largest absolute Gasteiger partial charge is 0.380 e. The van der Waals surface area contributed by atoms with Crippen molar-refractivity contribution < 1.29 is 14.0 Å². The number of rotatable bonds is 5. The molecule has 2 aromatic rings. The Morgan fingerprint density at radius 2 is 2.00 bits per heavy atom. The summed E-state index contributed by atoms with van der Waals surface area (Å²) in [5, 5.41) is 4.20. The van der Waals surface area contributed by atoms with Gasteiger partial charge >= 0.3 is 5.97 Å². The number of benzene rings is 1. The number of amidine groups is 1. The van der Waals surface area contributed by atoms with Gasteiger partial charge in [-0.1, -0.05) is 5.16 Å². The van der Waals surface area contributed by atoms with Crippen LogP contribution in [0.1, 0.15) is 15.9 Å². The quantitative estimate of drug-likeness (QED) is 0.291. The average Bonchev–Trinajstić information content (AvgIpc) is 2.96. The van der Waals surface area contributed by atoms with Gasteiger partial charge in [-0.15, -0.1) is 23.5 Å². The summed E-state index contributed by atoms with van der Waals surface area (Å²) in [6.45, 7) is 0. The van der Waals surface area contributed by atoms with Crippen molar-refractivity contribution in [3.05, 3.63) is 41.2 Å². The summed E-state index contributed by atoms with van der Waals surface area (Å²) in [6.07, 6.45) is 3.68. The second-order valence-electron chi connectivity index (χ2n) is 3.92. The number of halogens is 1. The van der Waals surface area contributed by atoms with E-state index in [4.69, 9.17) is 10.6 Å². The predicted molar refractivity (Wildman–Crippen MR) is 88.2 cm³/mol. The Hall–Kier alpha value is -1.58. The maximum atomic E-state index is 12.8. The van der Waals surface area contributed by atoms with Crippen LogP contribution in [0.2, 0.25) is 0 Å². The van der Waals surface area contributed by atoms with Crippen molar-refractivity contribution in [2.24, 2.45) is 10.9 Å². The number of hydrogen-bond donors (Lipinski definition) is 1. The topological polar surface area (TPSA) is 77.6 Å². The molecule has 0 unspecified atom stereocenters. The van der Waals surface area contributed by atoms with Crippen LogP contribution in [0.25, 0.3) is 0 Å². The molecule has 1 heterocycles. The minimum Gasteiger partial charge on any atom is -0.380 e. The molecule has 0 amide bonds. The van der Waals surface area contributed by atoms with E-state index < -0.39 is 5.97 Å². The monoisotopic (exact) mass is 357 g/mol. The summed E-state index contributed by atoms with van der Waals surface area (Å²) in [6, 6.07) is 5.41. The zero-order chi connectivity index (χ0) is 16.1. The maximum absolute atomic E-state index is 12.8. The first-order chi connectivity index (χ1) is 10.6. The minimum atomic E-state index is -0.618. The zero-order valence-corrected chi connectivity index (χ0v) is 14.1. The van der Waals surface area contributed by atoms with Crippen LogP contribution in [0.15, 0.2) is 38.7 Å². The molecule has 0 radical (unpaired) electrons. The number of nitrogens with two attached hydrogens (primary N) is 1. The van der Waals surface area contributed by atoms with Crippen LogP contribution < -0.4 is 5.73 Å². The Labute approximate surface area is 139 Å². The van der Waals surface area contributed by atoms with Gasteiger partial charge in [-0.05, 0) is 48.3 Å². The van der Waals surface area contributed by atoms with E-state index in [0.717, 1.165) is 4.21 Å². The Morgan fingerprint density at radius 1 is 1.32 bits per heavy atom.